The van der Waals surface area contributed by atoms with Crippen molar-refractivity contribution in [3.63, 3.8) is 0 Å². The van der Waals surface area contributed by atoms with E-state index in [1.54, 1.807) is 13.1 Å². The summed E-state index contributed by atoms with van der Waals surface area (Å²) < 4.78 is 5.47. The van der Waals surface area contributed by atoms with Crippen LogP contribution in [0.2, 0.25) is 0 Å². The second-order valence-corrected chi connectivity index (χ2v) is 8.01. The zero-order valence-corrected chi connectivity index (χ0v) is 17.9. The highest BCUT2D eigenvalue weighted by molar-refractivity contribution is 6.02. The van der Waals surface area contributed by atoms with Crippen LogP contribution in [-0.4, -0.2) is 57.3 Å². The number of carboxylic acids is 1. The highest BCUT2D eigenvalue weighted by Crippen LogP contribution is 2.30. The summed E-state index contributed by atoms with van der Waals surface area (Å²) in [5.41, 5.74) is 6.51. The number of aromatic carboxylic acids is 1. The molecule has 0 spiro atoms. The van der Waals surface area contributed by atoms with Crippen LogP contribution < -0.4 is 0 Å². The molecule has 0 atom stereocenters. The van der Waals surface area contributed by atoms with E-state index in [4.69, 9.17) is 4.74 Å². The molecule has 1 N–H and O–H groups in total. The summed E-state index contributed by atoms with van der Waals surface area (Å²) in [7, 11) is 1.69. The Labute approximate surface area is 185 Å². The molecule has 5 rings (SSSR count). The normalized spacial score (nSPS) is 14.7. The van der Waals surface area contributed by atoms with Gasteiger partial charge in [0.05, 0.1) is 18.8 Å². The Kier molecular flexibility index (Phi) is 5.43. The first-order valence-corrected chi connectivity index (χ1v) is 10.7. The fraction of sp³-hybridized carbons (Fsp3) is 0.240. The number of morpholine rings is 1. The topological polar surface area (TPSA) is 80.5 Å². The predicted octanol–water partition coefficient (Wildman–Crippen LogP) is 3.83. The highest BCUT2D eigenvalue weighted by Gasteiger charge is 2.16. The maximum Gasteiger partial charge on any atom is 0.338 e. The van der Waals surface area contributed by atoms with Gasteiger partial charge in [-0.25, -0.2) is 4.79 Å². The van der Waals surface area contributed by atoms with Gasteiger partial charge in [0.15, 0.2) is 0 Å². The van der Waals surface area contributed by atoms with Gasteiger partial charge >= 0.3 is 5.97 Å². The molecule has 32 heavy (non-hydrogen) atoms. The zero-order chi connectivity index (χ0) is 22.1. The van der Waals surface area contributed by atoms with Crippen molar-refractivity contribution in [2.24, 2.45) is 7.05 Å². The molecular weight excluding hydrogens is 404 g/mol. The van der Waals surface area contributed by atoms with Crippen molar-refractivity contribution >= 4 is 17.0 Å². The summed E-state index contributed by atoms with van der Waals surface area (Å²) in [6, 6.07) is 20.3. The number of carboxylic acid groups (broad SMARTS) is 1. The fourth-order valence-corrected chi connectivity index (χ4v) is 4.24. The van der Waals surface area contributed by atoms with Crippen LogP contribution in [0.5, 0.6) is 0 Å². The number of aryl methyl sites for hydroxylation is 1. The zero-order valence-electron chi connectivity index (χ0n) is 17.9. The van der Waals surface area contributed by atoms with Gasteiger partial charge < -0.3 is 9.84 Å². The van der Waals surface area contributed by atoms with E-state index in [0.29, 0.717) is 11.0 Å². The summed E-state index contributed by atoms with van der Waals surface area (Å²) in [6.45, 7) is 4.36. The third kappa shape index (κ3) is 4.00. The number of ether oxygens (including phenoxy) is 1. The molecule has 7 heteroatoms. The van der Waals surface area contributed by atoms with Crippen LogP contribution in [0.3, 0.4) is 0 Å². The average molecular weight is 428 g/mol. The SMILES string of the molecule is Cn1nc2cc(-c3ccc(-c4ccccc4CN4CCOCC4)cc3)cc(C(=O)O)c2n1. The summed E-state index contributed by atoms with van der Waals surface area (Å²) in [6.07, 6.45) is 0. The number of hydrogen-bond donors (Lipinski definition) is 1. The lowest BCUT2D eigenvalue weighted by Crippen LogP contribution is -2.35. The van der Waals surface area contributed by atoms with Crippen molar-refractivity contribution in [1.82, 2.24) is 19.9 Å². The smallest absolute Gasteiger partial charge is 0.338 e. The van der Waals surface area contributed by atoms with Gasteiger partial charge in [-0.15, -0.1) is 0 Å². The Morgan fingerprint density at radius 1 is 0.969 bits per heavy atom. The number of benzene rings is 3. The molecule has 1 aromatic heterocycles. The molecule has 1 saturated heterocycles. The van der Waals surface area contributed by atoms with Gasteiger partial charge in [0.1, 0.15) is 11.0 Å². The van der Waals surface area contributed by atoms with Crippen molar-refractivity contribution < 1.29 is 14.6 Å². The van der Waals surface area contributed by atoms with Crippen LogP contribution >= 0.6 is 0 Å². The Morgan fingerprint density at radius 2 is 1.69 bits per heavy atom. The number of aromatic nitrogens is 3. The number of rotatable bonds is 5. The molecule has 1 fully saturated rings. The van der Waals surface area contributed by atoms with Gasteiger partial charge in [-0.05, 0) is 39.9 Å². The van der Waals surface area contributed by atoms with Crippen LogP contribution in [0.15, 0.2) is 60.7 Å². The van der Waals surface area contributed by atoms with Crippen molar-refractivity contribution in [3.8, 4) is 22.3 Å². The highest BCUT2D eigenvalue weighted by atomic mass is 16.5. The standard InChI is InChI=1S/C25H24N4O3/c1-28-26-23-15-20(14-22(25(30)31)24(23)27-28)17-6-8-18(9-7-17)21-5-3-2-4-19(21)16-29-10-12-32-13-11-29/h2-9,14-15H,10-13,16H2,1H3,(H,30,31). The van der Waals surface area contributed by atoms with E-state index in [2.05, 4.69) is 51.5 Å². The van der Waals surface area contributed by atoms with Gasteiger partial charge in [-0.1, -0.05) is 48.5 Å². The first kappa shape index (κ1) is 20.4. The molecule has 162 valence electrons. The van der Waals surface area contributed by atoms with E-state index < -0.39 is 5.97 Å². The van der Waals surface area contributed by atoms with Crippen molar-refractivity contribution in [3.05, 3.63) is 71.8 Å². The third-order valence-corrected chi connectivity index (χ3v) is 5.86. The monoisotopic (exact) mass is 428 g/mol. The van der Waals surface area contributed by atoms with Crippen LogP contribution in [0, 0.1) is 0 Å². The molecule has 0 radical (unpaired) electrons. The van der Waals surface area contributed by atoms with Crippen LogP contribution in [0.4, 0.5) is 0 Å². The second-order valence-electron chi connectivity index (χ2n) is 8.01. The first-order chi connectivity index (χ1) is 15.6. The Morgan fingerprint density at radius 3 is 2.44 bits per heavy atom. The maximum absolute atomic E-state index is 11.8. The number of carbonyl (C=O) groups is 1. The minimum absolute atomic E-state index is 0.158. The third-order valence-electron chi connectivity index (χ3n) is 5.86. The van der Waals surface area contributed by atoms with E-state index >= 15 is 0 Å². The quantitative estimate of drug-likeness (QED) is 0.520. The lowest BCUT2D eigenvalue weighted by atomic mass is 9.96. The molecule has 2 heterocycles. The first-order valence-electron chi connectivity index (χ1n) is 10.7. The van der Waals surface area contributed by atoms with E-state index in [9.17, 15) is 9.90 Å². The Hall–Kier alpha value is -3.55. The predicted molar refractivity (Wildman–Crippen MR) is 122 cm³/mol. The minimum Gasteiger partial charge on any atom is -0.478 e. The Bertz CT molecular complexity index is 1270. The fourth-order valence-electron chi connectivity index (χ4n) is 4.24. The van der Waals surface area contributed by atoms with Gasteiger partial charge in [0.25, 0.3) is 0 Å². The molecule has 0 bridgehead atoms. The summed E-state index contributed by atoms with van der Waals surface area (Å²) in [4.78, 5) is 15.6. The van der Waals surface area contributed by atoms with Gasteiger partial charge in [0, 0.05) is 26.7 Å². The summed E-state index contributed by atoms with van der Waals surface area (Å²) in [5, 5.41) is 18.1. The molecule has 0 saturated carbocycles. The van der Waals surface area contributed by atoms with Crippen LogP contribution in [0.1, 0.15) is 15.9 Å². The van der Waals surface area contributed by atoms with Crippen LogP contribution in [0.25, 0.3) is 33.3 Å². The maximum atomic E-state index is 11.8. The Balaban J connectivity index is 1.47. The van der Waals surface area contributed by atoms with Gasteiger partial charge in [-0.3, -0.25) is 4.90 Å². The summed E-state index contributed by atoms with van der Waals surface area (Å²) in [5.74, 6) is -1.01. The average Bonchev–Trinajstić information content (AvgIpc) is 3.19. The molecule has 0 unspecified atom stereocenters. The molecule has 1 aliphatic rings. The number of hydrogen-bond acceptors (Lipinski definition) is 5. The van der Waals surface area contributed by atoms with E-state index in [1.807, 2.05) is 18.2 Å². The van der Waals surface area contributed by atoms with Gasteiger partial charge in [0.2, 0.25) is 0 Å². The summed E-state index contributed by atoms with van der Waals surface area (Å²) >= 11 is 0. The van der Waals surface area contributed by atoms with E-state index in [0.717, 1.165) is 49.5 Å². The van der Waals surface area contributed by atoms with E-state index in [-0.39, 0.29) is 5.56 Å². The largest absolute Gasteiger partial charge is 0.478 e. The van der Waals surface area contributed by atoms with Gasteiger partial charge in [-0.2, -0.15) is 15.0 Å². The lowest BCUT2D eigenvalue weighted by Gasteiger charge is -2.27. The minimum atomic E-state index is -1.01. The van der Waals surface area contributed by atoms with Crippen LogP contribution in [-0.2, 0) is 18.3 Å². The number of nitrogens with zero attached hydrogens (tertiary/aromatic N) is 4. The molecular formula is C25H24N4O3. The molecule has 3 aromatic carbocycles. The molecule has 1 aliphatic heterocycles. The van der Waals surface area contributed by atoms with E-state index in [1.165, 1.54) is 15.9 Å². The molecule has 7 nitrogen and oxygen atoms in total. The van der Waals surface area contributed by atoms with Crippen molar-refractivity contribution in [2.75, 3.05) is 26.3 Å². The molecule has 4 aromatic rings. The second kappa shape index (κ2) is 8.53. The lowest BCUT2D eigenvalue weighted by molar-refractivity contribution is 0.0342. The van der Waals surface area contributed by atoms with Crippen molar-refractivity contribution in [1.29, 1.82) is 0 Å². The molecule has 0 amide bonds. The molecule has 0 aliphatic carbocycles. The number of fused-ring (bicyclic) bond motifs is 1. The van der Waals surface area contributed by atoms with Crippen molar-refractivity contribution in [2.45, 2.75) is 6.54 Å².